The molecule has 0 aliphatic carbocycles. The van der Waals surface area contributed by atoms with Crippen LogP contribution in [-0.4, -0.2) is 14.3 Å². The molecule has 0 unspecified atom stereocenters. The van der Waals surface area contributed by atoms with Crippen LogP contribution in [0.1, 0.15) is 24.5 Å². The molecular formula is C16H15NO3S. The van der Waals surface area contributed by atoms with E-state index < -0.39 is 10.0 Å². The zero-order valence-corrected chi connectivity index (χ0v) is 12.4. The summed E-state index contributed by atoms with van der Waals surface area (Å²) in [6.45, 7) is 2.09. The van der Waals surface area contributed by atoms with Gasteiger partial charge < -0.3 is 4.74 Å². The maximum Gasteiger partial charge on any atom is 0.286 e. The molecule has 0 aromatic heterocycles. The van der Waals surface area contributed by atoms with E-state index in [-0.39, 0.29) is 10.8 Å². The molecule has 21 heavy (non-hydrogen) atoms. The molecule has 1 heterocycles. The minimum atomic E-state index is -3.64. The van der Waals surface area contributed by atoms with Crippen molar-refractivity contribution < 1.29 is 13.2 Å². The predicted molar refractivity (Wildman–Crippen MR) is 81.2 cm³/mol. The molecule has 0 atom stereocenters. The van der Waals surface area contributed by atoms with Gasteiger partial charge in [0.05, 0.1) is 5.56 Å². The molecule has 0 amide bonds. The zero-order chi connectivity index (χ0) is 14.9. The van der Waals surface area contributed by atoms with Crippen LogP contribution >= 0.6 is 0 Å². The molecule has 0 bridgehead atoms. The molecule has 2 aromatic rings. The summed E-state index contributed by atoms with van der Waals surface area (Å²) in [4.78, 5) is 0.202. The van der Waals surface area contributed by atoms with E-state index in [2.05, 4.69) is 11.3 Å². The van der Waals surface area contributed by atoms with E-state index in [9.17, 15) is 8.42 Å². The number of sulfonamides is 1. The number of ether oxygens (including phenoxy) is 1. The molecule has 4 nitrogen and oxygen atoms in total. The number of hydrogen-bond donors (Lipinski definition) is 0. The van der Waals surface area contributed by atoms with Crippen LogP contribution in [0.5, 0.6) is 5.75 Å². The highest BCUT2D eigenvalue weighted by Crippen LogP contribution is 2.29. The van der Waals surface area contributed by atoms with Crippen molar-refractivity contribution in [3.05, 3.63) is 59.7 Å². The Hall–Kier alpha value is -2.14. The standard InChI is InChI=1S/C16H15NO3S/c1-2-7-12-8-3-5-10-14(12)20-16-13-9-4-6-11-15(13)21(18,19)17-16/h3-6,8-11H,2,7H2,1H3. The lowest BCUT2D eigenvalue weighted by atomic mass is 10.1. The fourth-order valence-corrected chi connectivity index (χ4v) is 3.47. The molecule has 1 aliphatic heterocycles. The van der Waals surface area contributed by atoms with Crippen LogP contribution in [-0.2, 0) is 16.4 Å². The number of benzene rings is 2. The second-order valence-electron chi connectivity index (χ2n) is 4.83. The van der Waals surface area contributed by atoms with E-state index in [0.717, 1.165) is 18.4 Å². The quantitative estimate of drug-likeness (QED) is 0.875. The first-order valence-corrected chi connectivity index (χ1v) is 8.26. The lowest BCUT2D eigenvalue weighted by Crippen LogP contribution is -2.09. The number of para-hydroxylation sites is 1. The summed E-state index contributed by atoms with van der Waals surface area (Å²) in [5.74, 6) is 0.805. The molecule has 0 fully saturated rings. The summed E-state index contributed by atoms with van der Waals surface area (Å²) in [7, 11) is -3.64. The predicted octanol–water partition coefficient (Wildman–Crippen LogP) is 3.17. The van der Waals surface area contributed by atoms with Gasteiger partial charge in [0, 0.05) is 0 Å². The Morgan fingerprint density at radius 2 is 1.76 bits per heavy atom. The molecule has 0 N–H and O–H groups in total. The molecule has 0 saturated heterocycles. The van der Waals surface area contributed by atoms with E-state index in [1.165, 1.54) is 0 Å². The van der Waals surface area contributed by atoms with Gasteiger partial charge in [0.25, 0.3) is 10.0 Å². The highest BCUT2D eigenvalue weighted by molar-refractivity contribution is 7.90. The van der Waals surface area contributed by atoms with E-state index in [0.29, 0.717) is 11.3 Å². The average Bonchev–Trinajstić information content (AvgIpc) is 2.73. The van der Waals surface area contributed by atoms with Crippen LogP contribution in [0.15, 0.2) is 57.8 Å². The highest BCUT2D eigenvalue weighted by atomic mass is 32.2. The molecule has 108 valence electrons. The van der Waals surface area contributed by atoms with Crippen molar-refractivity contribution in [1.82, 2.24) is 0 Å². The third-order valence-electron chi connectivity index (χ3n) is 3.30. The summed E-state index contributed by atoms with van der Waals surface area (Å²) in [6, 6.07) is 14.3. The van der Waals surface area contributed by atoms with E-state index in [4.69, 9.17) is 4.74 Å². The van der Waals surface area contributed by atoms with Gasteiger partial charge in [-0.05, 0) is 30.2 Å². The monoisotopic (exact) mass is 301 g/mol. The maximum absolute atomic E-state index is 12.0. The van der Waals surface area contributed by atoms with E-state index >= 15 is 0 Å². The summed E-state index contributed by atoms with van der Waals surface area (Å²) in [6.07, 6.45) is 1.86. The van der Waals surface area contributed by atoms with Crippen LogP contribution in [0.4, 0.5) is 0 Å². The molecule has 0 saturated carbocycles. The largest absolute Gasteiger partial charge is 0.437 e. The first kappa shape index (κ1) is 13.8. The van der Waals surface area contributed by atoms with E-state index in [1.807, 2.05) is 24.3 Å². The Balaban J connectivity index is 2.01. The Labute approximate surface area is 124 Å². The number of fused-ring (bicyclic) bond motifs is 1. The van der Waals surface area contributed by atoms with Crippen molar-refractivity contribution in [3.8, 4) is 5.75 Å². The summed E-state index contributed by atoms with van der Waals surface area (Å²) >= 11 is 0. The van der Waals surface area contributed by atoms with Crippen LogP contribution in [0.25, 0.3) is 0 Å². The number of hydrogen-bond acceptors (Lipinski definition) is 3. The number of rotatable bonds is 3. The van der Waals surface area contributed by atoms with E-state index in [1.54, 1.807) is 24.3 Å². The lowest BCUT2D eigenvalue weighted by molar-refractivity contribution is 0.544. The van der Waals surface area contributed by atoms with Gasteiger partial charge in [-0.25, -0.2) is 0 Å². The van der Waals surface area contributed by atoms with Crippen molar-refractivity contribution >= 4 is 15.9 Å². The molecule has 5 heteroatoms. The van der Waals surface area contributed by atoms with Crippen molar-refractivity contribution in [2.45, 2.75) is 24.7 Å². The summed E-state index contributed by atoms with van der Waals surface area (Å²) in [5, 5.41) is 0. The molecule has 2 aromatic carbocycles. The van der Waals surface area contributed by atoms with Crippen LogP contribution in [0.3, 0.4) is 0 Å². The topological polar surface area (TPSA) is 55.7 Å². The second kappa shape index (κ2) is 5.33. The van der Waals surface area contributed by atoms with Crippen molar-refractivity contribution in [2.24, 2.45) is 4.40 Å². The minimum absolute atomic E-state index is 0.147. The molecule has 0 radical (unpaired) electrons. The smallest absolute Gasteiger partial charge is 0.286 e. The number of aryl methyl sites for hydroxylation is 1. The van der Waals surface area contributed by atoms with Gasteiger partial charge in [0.15, 0.2) is 0 Å². The Kier molecular flexibility index (Phi) is 3.51. The van der Waals surface area contributed by atoms with Gasteiger partial charge in [-0.1, -0.05) is 43.7 Å². The SMILES string of the molecule is CCCc1ccccc1OC1=NS(=O)(=O)c2ccccc21. The Bertz CT molecular complexity index is 810. The lowest BCUT2D eigenvalue weighted by Gasteiger charge is -2.10. The van der Waals surface area contributed by atoms with Crippen LogP contribution < -0.4 is 4.74 Å². The molecule has 3 rings (SSSR count). The molecular weight excluding hydrogens is 286 g/mol. The fraction of sp³-hybridized carbons (Fsp3) is 0.188. The van der Waals surface area contributed by atoms with Crippen molar-refractivity contribution in [2.75, 3.05) is 0 Å². The maximum atomic E-state index is 12.0. The van der Waals surface area contributed by atoms with Gasteiger partial charge in [-0.2, -0.15) is 8.42 Å². The van der Waals surface area contributed by atoms with Gasteiger partial charge in [-0.15, -0.1) is 4.40 Å². The van der Waals surface area contributed by atoms with Crippen LogP contribution in [0, 0.1) is 0 Å². The molecule has 0 spiro atoms. The minimum Gasteiger partial charge on any atom is -0.437 e. The fourth-order valence-electron chi connectivity index (χ4n) is 2.33. The normalized spacial score (nSPS) is 15.4. The third kappa shape index (κ3) is 2.56. The summed E-state index contributed by atoms with van der Waals surface area (Å²) < 4.78 is 33.5. The first-order chi connectivity index (χ1) is 10.1. The Morgan fingerprint density at radius 1 is 1.05 bits per heavy atom. The van der Waals surface area contributed by atoms with Gasteiger partial charge in [0.1, 0.15) is 10.6 Å². The van der Waals surface area contributed by atoms with Gasteiger partial charge in [-0.3, -0.25) is 0 Å². The first-order valence-electron chi connectivity index (χ1n) is 6.82. The van der Waals surface area contributed by atoms with Crippen molar-refractivity contribution in [1.29, 1.82) is 0 Å². The highest BCUT2D eigenvalue weighted by Gasteiger charge is 2.30. The summed E-state index contributed by atoms with van der Waals surface area (Å²) in [5.41, 5.74) is 1.56. The van der Waals surface area contributed by atoms with Crippen molar-refractivity contribution in [3.63, 3.8) is 0 Å². The second-order valence-corrected chi connectivity index (χ2v) is 6.40. The number of nitrogens with zero attached hydrogens (tertiary/aromatic N) is 1. The zero-order valence-electron chi connectivity index (χ0n) is 11.6. The third-order valence-corrected chi connectivity index (χ3v) is 4.62. The molecule has 1 aliphatic rings. The average molecular weight is 301 g/mol. The van der Waals surface area contributed by atoms with Crippen LogP contribution in [0.2, 0.25) is 0 Å². The Morgan fingerprint density at radius 3 is 2.57 bits per heavy atom. The van der Waals surface area contributed by atoms with Gasteiger partial charge in [0.2, 0.25) is 5.90 Å². The van der Waals surface area contributed by atoms with Gasteiger partial charge >= 0.3 is 0 Å².